The molecule has 4 rings (SSSR count). The van der Waals surface area contributed by atoms with Crippen molar-refractivity contribution in [3.05, 3.63) is 70.8 Å². The number of carbonyl (C=O) groups is 1. The van der Waals surface area contributed by atoms with E-state index in [0.717, 1.165) is 50.8 Å². The van der Waals surface area contributed by atoms with Crippen molar-refractivity contribution in [1.82, 2.24) is 10.2 Å². The quantitative estimate of drug-likeness (QED) is 0.527. The Labute approximate surface area is 187 Å². The molecule has 178 valence electrons. The van der Waals surface area contributed by atoms with Gasteiger partial charge in [0.05, 0.1) is 22.7 Å². The lowest BCUT2D eigenvalue weighted by atomic mass is 9.68. The van der Waals surface area contributed by atoms with Crippen molar-refractivity contribution < 1.29 is 31.1 Å². The van der Waals surface area contributed by atoms with Crippen LogP contribution in [0.15, 0.2) is 48.5 Å². The molecule has 1 aliphatic heterocycles. The van der Waals surface area contributed by atoms with Gasteiger partial charge in [-0.25, -0.2) is 0 Å². The maximum atomic E-state index is 13.6. The lowest BCUT2D eigenvalue weighted by molar-refractivity contribution is -0.143. The van der Waals surface area contributed by atoms with Crippen LogP contribution in [0.4, 0.5) is 26.3 Å². The van der Waals surface area contributed by atoms with Crippen LogP contribution in [0.3, 0.4) is 0 Å². The Hall–Kier alpha value is -2.55. The van der Waals surface area contributed by atoms with Gasteiger partial charge in [-0.15, -0.1) is 0 Å². The van der Waals surface area contributed by atoms with Gasteiger partial charge in [-0.1, -0.05) is 30.3 Å². The smallest absolute Gasteiger partial charge is 0.343 e. The number of nitrogens with one attached hydrogen (secondary N) is 1. The molecule has 1 atom stereocenters. The molecule has 2 aliphatic rings. The average molecular weight is 470 g/mol. The number of alkyl halides is 6. The Morgan fingerprint density at radius 3 is 2.03 bits per heavy atom. The van der Waals surface area contributed by atoms with Gasteiger partial charge in [0.2, 0.25) is 0 Å². The average Bonchev–Trinajstić information content (AvgIpc) is 3.26. The minimum absolute atomic E-state index is 0.00597. The molecule has 1 heterocycles. The summed E-state index contributed by atoms with van der Waals surface area (Å²) in [5, 5.41) is 2.78. The monoisotopic (exact) mass is 470 g/mol. The van der Waals surface area contributed by atoms with Gasteiger partial charge in [0.1, 0.15) is 0 Å². The summed E-state index contributed by atoms with van der Waals surface area (Å²) in [6.45, 7) is 1.68. The van der Waals surface area contributed by atoms with E-state index in [-0.39, 0.29) is 6.07 Å². The highest BCUT2D eigenvalue weighted by Gasteiger charge is 2.50. The molecule has 1 aliphatic carbocycles. The van der Waals surface area contributed by atoms with E-state index in [1.54, 1.807) is 12.1 Å². The summed E-state index contributed by atoms with van der Waals surface area (Å²) >= 11 is 0. The van der Waals surface area contributed by atoms with Crippen LogP contribution in [0.5, 0.6) is 0 Å². The van der Waals surface area contributed by atoms with E-state index in [0.29, 0.717) is 12.1 Å². The van der Waals surface area contributed by atoms with E-state index in [4.69, 9.17) is 0 Å². The number of amides is 1. The van der Waals surface area contributed by atoms with Crippen LogP contribution in [0.25, 0.3) is 0 Å². The number of hydrogen-bond donors (Lipinski definition) is 1. The van der Waals surface area contributed by atoms with Crippen LogP contribution in [-0.2, 0) is 12.4 Å². The van der Waals surface area contributed by atoms with E-state index in [9.17, 15) is 31.1 Å². The van der Waals surface area contributed by atoms with E-state index < -0.39 is 46.5 Å². The van der Waals surface area contributed by atoms with E-state index in [1.807, 2.05) is 18.2 Å². The van der Waals surface area contributed by atoms with Crippen LogP contribution in [0, 0.1) is 0 Å². The molecular weight excluding hydrogens is 446 g/mol. The summed E-state index contributed by atoms with van der Waals surface area (Å²) in [6, 6.07) is 9.59. The molecule has 1 saturated heterocycles. The van der Waals surface area contributed by atoms with Crippen molar-refractivity contribution in [3.8, 4) is 0 Å². The number of hydrogen-bond acceptors (Lipinski definition) is 2. The molecule has 2 aromatic rings. The normalized spacial score (nSPS) is 19.7. The molecule has 1 unspecified atom stereocenters. The number of likely N-dealkylation sites (tertiary alicyclic amines) is 1. The fraction of sp³-hybridized carbons (Fsp3) is 0.458. The third-order valence-electron chi connectivity index (χ3n) is 6.80. The SMILES string of the molecule is O=C(NC(c1ccccc1)C1(N2CCCC2)CCC1)c1ccc(C(F)(F)F)cc1C(F)(F)F. The Kier molecular flexibility index (Phi) is 6.20. The first-order valence-corrected chi connectivity index (χ1v) is 10.9. The molecule has 2 fully saturated rings. The number of rotatable bonds is 5. The second kappa shape index (κ2) is 8.66. The third-order valence-corrected chi connectivity index (χ3v) is 6.80. The van der Waals surface area contributed by atoms with Crippen LogP contribution in [-0.4, -0.2) is 29.4 Å². The largest absolute Gasteiger partial charge is 0.417 e. The van der Waals surface area contributed by atoms with Crippen molar-refractivity contribution in [2.75, 3.05) is 13.1 Å². The van der Waals surface area contributed by atoms with Gasteiger partial charge in [-0.3, -0.25) is 9.69 Å². The van der Waals surface area contributed by atoms with Gasteiger partial charge in [0.25, 0.3) is 5.91 Å². The fourth-order valence-electron chi connectivity index (χ4n) is 5.02. The number of carbonyl (C=O) groups excluding carboxylic acids is 1. The van der Waals surface area contributed by atoms with E-state index in [2.05, 4.69) is 10.2 Å². The van der Waals surface area contributed by atoms with Gasteiger partial charge in [0.15, 0.2) is 0 Å². The third kappa shape index (κ3) is 4.60. The van der Waals surface area contributed by atoms with Crippen molar-refractivity contribution in [2.45, 2.75) is 56.0 Å². The Morgan fingerprint density at radius 1 is 0.879 bits per heavy atom. The molecule has 1 N–H and O–H groups in total. The molecule has 2 aromatic carbocycles. The number of halogens is 6. The zero-order valence-corrected chi connectivity index (χ0v) is 17.8. The second-order valence-electron chi connectivity index (χ2n) is 8.72. The Balaban J connectivity index is 1.72. The highest BCUT2D eigenvalue weighted by atomic mass is 19.4. The molecule has 33 heavy (non-hydrogen) atoms. The molecular formula is C24H24F6N2O. The minimum Gasteiger partial charge on any atom is -0.343 e. The predicted molar refractivity (Wildman–Crippen MR) is 110 cm³/mol. The molecule has 1 amide bonds. The zero-order chi connectivity index (χ0) is 23.9. The van der Waals surface area contributed by atoms with Crippen molar-refractivity contribution in [2.24, 2.45) is 0 Å². The summed E-state index contributed by atoms with van der Waals surface area (Å²) in [4.78, 5) is 15.4. The standard InChI is InChI=1S/C24H24F6N2O/c25-23(26,27)17-9-10-18(19(15-17)24(28,29)30)21(33)31-20(16-7-2-1-3-8-16)22(11-6-12-22)32-13-4-5-14-32/h1-3,7-10,15,20H,4-6,11-14H2,(H,31,33). The van der Waals surface area contributed by atoms with Gasteiger partial charge >= 0.3 is 12.4 Å². The molecule has 0 aromatic heterocycles. The topological polar surface area (TPSA) is 32.3 Å². The van der Waals surface area contributed by atoms with Crippen LogP contribution in [0.2, 0.25) is 0 Å². The van der Waals surface area contributed by atoms with Crippen molar-refractivity contribution in [3.63, 3.8) is 0 Å². The molecule has 9 heteroatoms. The van der Waals surface area contributed by atoms with Gasteiger partial charge in [-0.05, 0) is 69.0 Å². The van der Waals surface area contributed by atoms with Gasteiger partial charge in [0, 0.05) is 5.54 Å². The molecule has 1 saturated carbocycles. The second-order valence-corrected chi connectivity index (χ2v) is 8.72. The summed E-state index contributed by atoms with van der Waals surface area (Å²) in [7, 11) is 0. The van der Waals surface area contributed by atoms with Crippen molar-refractivity contribution in [1.29, 1.82) is 0 Å². The van der Waals surface area contributed by atoms with Crippen LogP contribution in [0.1, 0.15) is 65.2 Å². The molecule has 0 bridgehead atoms. The lowest BCUT2D eigenvalue weighted by Crippen LogP contribution is -2.60. The van der Waals surface area contributed by atoms with Gasteiger partial charge < -0.3 is 5.32 Å². The Bertz CT molecular complexity index is 992. The first-order valence-electron chi connectivity index (χ1n) is 10.9. The Morgan fingerprint density at radius 2 is 1.52 bits per heavy atom. The maximum Gasteiger partial charge on any atom is 0.417 e. The molecule has 0 radical (unpaired) electrons. The predicted octanol–water partition coefficient (Wildman–Crippen LogP) is 6.21. The molecule has 3 nitrogen and oxygen atoms in total. The van der Waals surface area contributed by atoms with Crippen molar-refractivity contribution >= 4 is 5.91 Å². The van der Waals surface area contributed by atoms with Gasteiger partial charge in [-0.2, -0.15) is 26.3 Å². The number of nitrogens with zero attached hydrogens (tertiary/aromatic N) is 1. The van der Waals surface area contributed by atoms with E-state index >= 15 is 0 Å². The highest BCUT2D eigenvalue weighted by molar-refractivity contribution is 5.96. The van der Waals surface area contributed by atoms with E-state index in [1.165, 1.54) is 0 Å². The summed E-state index contributed by atoms with van der Waals surface area (Å²) in [5.74, 6) is -1.03. The van der Waals surface area contributed by atoms with Crippen LogP contribution >= 0.6 is 0 Å². The summed E-state index contributed by atoms with van der Waals surface area (Å²) < 4.78 is 80.0. The minimum atomic E-state index is -5.11. The summed E-state index contributed by atoms with van der Waals surface area (Å²) in [6.07, 6.45) is -5.54. The number of benzene rings is 2. The first-order chi connectivity index (χ1) is 15.5. The fourth-order valence-corrected chi connectivity index (χ4v) is 5.02. The zero-order valence-electron chi connectivity index (χ0n) is 17.8. The molecule has 0 spiro atoms. The first kappa shape index (κ1) is 23.6. The lowest BCUT2D eigenvalue weighted by Gasteiger charge is -2.54. The highest BCUT2D eigenvalue weighted by Crippen LogP contribution is 2.48. The maximum absolute atomic E-state index is 13.6. The van der Waals surface area contributed by atoms with Crippen LogP contribution < -0.4 is 5.32 Å². The summed E-state index contributed by atoms with van der Waals surface area (Å²) in [5.41, 5.74) is -3.51.